The first kappa shape index (κ1) is 22.3. The Morgan fingerprint density at radius 3 is 2.30 bits per heavy atom. The zero-order valence-corrected chi connectivity index (χ0v) is 18.2. The molecular weight excluding hydrogens is 396 g/mol. The van der Waals surface area contributed by atoms with E-state index in [0.29, 0.717) is 6.54 Å². The molecule has 0 aromatic heterocycles. The van der Waals surface area contributed by atoms with Crippen LogP contribution in [0.4, 0.5) is 0 Å². The quantitative estimate of drug-likeness (QED) is 0.566. The Bertz CT molecular complexity index is 972. The molecule has 0 saturated heterocycles. The SMILES string of the molecule is CC1(NCCc2ccccc2)C=CC=C(N(CCS(=O)(=O)O)Cc2ccccc2)C1. The van der Waals surface area contributed by atoms with Crippen LogP contribution in [0.3, 0.4) is 0 Å². The van der Waals surface area contributed by atoms with Crippen molar-refractivity contribution in [3.05, 3.63) is 95.7 Å². The maximum absolute atomic E-state index is 11.4. The summed E-state index contributed by atoms with van der Waals surface area (Å²) >= 11 is 0. The largest absolute Gasteiger partial charge is 0.369 e. The van der Waals surface area contributed by atoms with Gasteiger partial charge in [-0.1, -0.05) is 72.8 Å². The van der Waals surface area contributed by atoms with Crippen LogP contribution in [-0.2, 0) is 23.1 Å². The van der Waals surface area contributed by atoms with Gasteiger partial charge in [0, 0.05) is 30.7 Å². The van der Waals surface area contributed by atoms with Gasteiger partial charge in [-0.05, 0) is 37.1 Å². The topological polar surface area (TPSA) is 69.6 Å². The summed E-state index contributed by atoms with van der Waals surface area (Å²) in [6, 6.07) is 20.3. The van der Waals surface area contributed by atoms with Gasteiger partial charge in [-0.2, -0.15) is 8.42 Å². The normalized spacial score (nSPS) is 18.8. The smallest absolute Gasteiger partial charge is 0.266 e. The first-order chi connectivity index (χ1) is 14.3. The number of rotatable bonds is 10. The fourth-order valence-corrected chi connectivity index (χ4v) is 4.15. The van der Waals surface area contributed by atoms with Crippen LogP contribution in [0.5, 0.6) is 0 Å². The first-order valence-electron chi connectivity index (χ1n) is 10.2. The molecule has 0 aliphatic heterocycles. The summed E-state index contributed by atoms with van der Waals surface area (Å²) in [6.07, 6.45) is 7.91. The molecule has 30 heavy (non-hydrogen) atoms. The predicted molar refractivity (Wildman–Crippen MR) is 122 cm³/mol. The van der Waals surface area contributed by atoms with E-state index < -0.39 is 10.1 Å². The molecule has 1 aliphatic carbocycles. The van der Waals surface area contributed by atoms with Gasteiger partial charge < -0.3 is 10.2 Å². The lowest BCUT2D eigenvalue weighted by Crippen LogP contribution is -2.45. The molecule has 1 aliphatic rings. The van der Waals surface area contributed by atoms with Crippen LogP contribution in [0, 0.1) is 0 Å². The van der Waals surface area contributed by atoms with Gasteiger partial charge in [0.2, 0.25) is 0 Å². The molecule has 0 heterocycles. The van der Waals surface area contributed by atoms with Crippen molar-refractivity contribution in [1.29, 1.82) is 0 Å². The summed E-state index contributed by atoms with van der Waals surface area (Å²) < 4.78 is 32.0. The van der Waals surface area contributed by atoms with Crippen molar-refractivity contribution < 1.29 is 13.0 Å². The second-order valence-corrected chi connectivity index (χ2v) is 9.54. The maximum atomic E-state index is 11.4. The van der Waals surface area contributed by atoms with Crippen LogP contribution >= 0.6 is 0 Å². The van der Waals surface area contributed by atoms with Crippen molar-refractivity contribution >= 4 is 10.1 Å². The van der Waals surface area contributed by atoms with Crippen LogP contribution < -0.4 is 5.32 Å². The summed E-state index contributed by atoms with van der Waals surface area (Å²) in [7, 11) is -4.03. The molecule has 3 rings (SSSR count). The number of nitrogens with one attached hydrogen (secondary N) is 1. The van der Waals surface area contributed by atoms with Gasteiger partial charge >= 0.3 is 0 Å². The second kappa shape index (κ2) is 10.1. The van der Waals surface area contributed by atoms with Gasteiger partial charge in [-0.25, -0.2) is 0 Å². The van der Waals surface area contributed by atoms with E-state index in [1.165, 1.54) is 5.56 Å². The predicted octanol–water partition coefficient (Wildman–Crippen LogP) is 3.81. The summed E-state index contributed by atoms with van der Waals surface area (Å²) in [6.45, 7) is 3.84. The van der Waals surface area contributed by atoms with Crippen LogP contribution in [0.25, 0.3) is 0 Å². The van der Waals surface area contributed by atoms with E-state index in [2.05, 4.69) is 42.6 Å². The van der Waals surface area contributed by atoms with Crippen molar-refractivity contribution in [3.8, 4) is 0 Å². The monoisotopic (exact) mass is 426 g/mol. The van der Waals surface area contributed by atoms with E-state index in [0.717, 1.165) is 30.6 Å². The Labute approximate surface area is 179 Å². The molecule has 160 valence electrons. The molecular formula is C24H30N2O3S. The highest BCUT2D eigenvalue weighted by Crippen LogP contribution is 2.26. The van der Waals surface area contributed by atoms with Crippen molar-refractivity contribution in [1.82, 2.24) is 10.2 Å². The highest BCUT2D eigenvalue weighted by atomic mass is 32.2. The number of hydrogen-bond donors (Lipinski definition) is 2. The number of nitrogens with zero attached hydrogens (tertiary/aromatic N) is 1. The van der Waals surface area contributed by atoms with Crippen molar-refractivity contribution in [2.24, 2.45) is 0 Å². The summed E-state index contributed by atoms with van der Waals surface area (Å²) in [5, 5.41) is 3.65. The van der Waals surface area contributed by atoms with Gasteiger partial charge in [0.15, 0.2) is 0 Å². The van der Waals surface area contributed by atoms with Gasteiger partial charge in [-0.3, -0.25) is 4.55 Å². The van der Waals surface area contributed by atoms with Crippen molar-refractivity contribution in [2.45, 2.75) is 31.8 Å². The molecule has 0 bridgehead atoms. The van der Waals surface area contributed by atoms with Gasteiger partial charge in [0.05, 0.1) is 5.75 Å². The molecule has 1 unspecified atom stereocenters. The van der Waals surface area contributed by atoms with Crippen molar-refractivity contribution in [2.75, 3.05) is 18.8 Å². The lowest BCUT2D eigenvalue weighted by Gasteiger charge is -2.36. The minimum atomic E-state index is -4.03. The third kappa shape index (κ3) is 7.13. The fourth-order valence-electron chi connectivity index (χ4n) is 3.69. The van der Waals surface area contributed by atoms with Crippen LogP contribution in [-0.4, -0.2) is 42.3 Å². The minimum absolute atomic E-state index is 0.216. The Morgan fingerprint density at radius 1 is 1.03 bits per heavy atom. The third-order valence-electron chi connectivity index (χ3n) is 5.33. The fraction of sp³-hybridized carbons (Fsp3) is 0.333. The summed E-state index contributed by atoms with van der Waals surface area (Å²) in [4.78, 5) is 2.05. The standard InChI is InChI=1S/C24H30N2O3S/c1-24(25-16-14-21-9-4-2-5-10-21)15-8-13-23(19-24)26(17-18-30(27,28)29)20-22-11-6-3-7-12-22/h2-13,15,25H,14,16-20H2,1H3,(H,27,28,29). The molecule has 2 N–H and O–H groups in total. The average molecular weight is 427 g/mol. The molecule has 0 saturated carbocycles. The van der Waals surface area contributed by atoms with Crippen LogP contribution in [0.1, 0.15) is 24.5 Å². The molecule has 1 atom stereocenters. The molecule has 5 nitrogen and oxygen atoms in total. The van der Waals surface area contributed by atoms with E-state index in [9.17, 15) is 13.0 Å². The van der Waals surface area contributed by atoms with E-state index in [1.807, 2.05) is 53.5 Å². The minimum Gasteiger partial charge on any atom is -0.369 e. The Hall–Kier alpha value is -2.41. The number of allylic oxidation sites excluding steroid dienone is 2. The van der Waals surface area contributed by atoms with Crippen LogP contribution in [0.2, 0.25) is 0 Å². The van der Waals surface area contributed by atoms with E-state index >= 15 is 0 Å². The summed E-state index contributed by atoms with van der Waals surface area (Å²) in [5.41, 5.74) is 3.23. The molecule has 0 radical (unpaired) electrons. The van der Waals surface area contributed by atoms with Crippen LogP contribution in [0.15, 0.2) is 84.6 Å². The lowest BCUT2D eigenvalue weighted by molar-refractivity contribution is 0.304. The molecule has 6 heteroatoms. The van der Waals surface area contributed by atoms with Gasteiger partial charge in [-0.15, -0.1) is 0 Å². The van der Waals surface area contributed by atoms with E-state index in [4.69, 9.17) is 0 Å². The zero-order valence-electron chi connectivity index (χ0n) is 17.4. The maximum Gasteiger partial charge on any atom is 0.266 e. The zero-order chi connectivity index (χ0) is 21.5. The third-order valence-corrected chi connectivity index (χ3v) is 6.03. The highest BCUT2D eigenvalue weighted by Gasteiger charge is 2.27. The van der Waals surface area contributed by atoms with E-state index in [-0.39, 0.29) is 17.8 Å². The Morgan fingerprint density at radius 2 is 1.67 bits per heavy atom. The van der Waals surface area contributed by atoms with Gasteiger partial charge in [0.1, 0.15) is 0 Å². The molecule has 0 spiro atoms. The summed E-state index contributed by atoms with van der Waals surface area (Å²) in [5.74, 6) is -0.293. The lowest BCUT2D eigenvalue weighted by atomic mass is 9.90. The molecule has 2 aromatic carbocycles. The molecule has 0 amide bonds. The Balaban J connectivity index is 1.66. The van der Waals surface area contributed by atoms with Gasteiger partial charge in [0.25, 0.3) is 10.1 Å². The highest BCUT2D eigenvalue weighted by molar-refractivity contribution is 7.85. The Kier molecular flexibility index (Phi) is 7.48. The van der Waals surface area contributed by atoms with E-state index in [1.54, 1.807) is 0 Å². The average Bonchev–Trinajstić information content (AvgIpc) is 2.72. The molecule has 2 aromatic rings. The van der Waals surface area contributed by atoms with Crippen molar-refractivity contribution in [3.63, 3.8) is 0 Å². The molecule has 0 fully saturated rings. The first-order valence-corrected chi connectivity index (χ1v) is 11.9. The second-order valence-electron chi connectivity index (χ2n) is 7.97. The number of hydrogen-bond acceptors (Lipinski definition) is 4. The number of benzene rings is 2.